The summed E-state index contributed by atoms with van der Waals surface area (Å²) in [7, 11) is 0. The van der Waals surface area contributed by atoms with Crippen LogP contribution in [-0.4, -0.2) is 0 Å². The number of fused-ring (bicyclic) bond motifs is 2. The fourth-order valence-electron chi connectivity index (χ4n) is 3.43. The summed E-state index contributed by atoms with van der Waals surface area (Å²) in [4.78, 5) is 0. The molecule has 0 heterocycles. The molecular weight excluding hydrogens is 180 g/mol. The van der Waals surface area contributed by atoms with E-state index in [1.807, 2.05) is 0 Å². The highest BCUT2D eigenvalue weighted by Crippen LogP contribution is 2.48. The third-order valence-corrected chi connectivity index (χ3v) is 4.11. The third-order valence-electron chi connectivity index (χ3n) is 4.11. The quantitative estimate of drug-likeness (QED) is 0.595. The molecule has 0 saturated heterocycles. The molecule has 0 aromatic heterocycles. The van der Waals surface area contributed by atoms with Gasteiger partial charge in [0.15, 0.2) is 0 Å². The summed E-state index contributed by atoms with van der Waals surface area (Å²) in [5, 5.41) is 0. The first-order valence-electron chi connectivity index (χ1n) is 6.17. The lowest BCUT2D eigenvalue weighted by molar-refractivity contribution is 0.438. The molecule has 3 atom stereocenters. The summed E-state index contributed by atoms with van der Waals surface area (Å²) in [6.45, 7) is 0. The van der Waals surface area contributed by atoms with Crippen LogP contribution in [0.5, 0.6) is 0 Å². The maximum atomic E-state index is 2.48. The van der Waals surface area contributed by atoms with Gasteiger partial charge < -0.3 is 0 Å². The normalized spacial score (nSPS) is 34.0. The molecule has 2 aliphatic rings. The zero-order valence-corrected chi connectivity index (χ0v) is 9.10. The maximum Gasteiger partial charge on any atom is -0.00706 e. The van der Waals surface area contributed by atoms with Gasteiger partial charge in [-0.3, -0.25) is 0 Å². The molecule has 3 rings (SSSR count). The average molecular weight is 198 g/mol. The Morgan fingerprint density at radius 2 is 1.80 bits per heavy atom. The fourth-order valence-corrected chi connectivity index (χ4v) is 3.43. The molecule has 1 fully saturated rings. The summed E-state index contributed by atoms with van der Waals surface area (Å²) in [5.74, 6) is 2.57. The molecular formula is C15H18. The second kappa shape index (κ2) is 3.84. The first-order chi connectivity index (χ1) is 7.45. The monoisotopic (exact) mass is 198 g/mol. The lowest BCUT2D eigenvalue weighted by Gasteiger charge is -2.21. The van der Waals surface area contributed by atoms with Crippen LogP contribution in [0.1, 0.15) is 37.2 Å². The Morgan fingerprint density at radius 1 is 0.933 bits per heavy atom. The Labute approximate surface area is 92.0 Å². The highest BCUT2D eigenvalue weighted by Gasteiger charge is 2.36. The molecule has 78 valence electrons. The Balaban J connectivity index is 1.95. The van der Waals surface area contributed by atoms with E-state index in [9.17, 15) is 0 Å². The molecule has 2 bridgehead atoms. The number of allylic oxidation sites excluding steroid dienone is 2. The number of hydrogen-bond acceptors (Lipinski definition) is 0. The molecule has 0 radical (unpaired) electrons. The van der Waals surface area contributed by atoms with Gasteiger partial charge in [0.25, 0.3) is 0 Å². The first-order valence-corrected chi connectivity index (χ1v) is 6.17. The van der Waals surface area contributed by atoms with Gasteiger partial charge in [0.05, 0.1) is 0 Å². The van der Waals surface area contributed by atoms with Crippen LogP contribution in [0.4, 0.5) is 0 Å². The molecule has 1 saturated carbocycles. The summed E-state index contributed by atoms with van der Waals surface area (Å²) >= 11 is 0. The molecule has 0 heteroatoms. The molecule has 0 aliphatic heterocycles. The van der Waals surface area contributed by atoms with Crippen LogP contribution in [0.2, 0.25) is 0 Å². The lowest BCUT2D eigenvalue weighted by atomic mass is 9.83. The van der Waals surface area contributed by atoms with Gasteiger partial charge in [0.2, 0.25) is 0 Å². The van der Waals surface area contributed by atoms with Crippen molar-refractivity contribution in [2.24, 2.45) is 11.8 Å². The van der Waals surface area contributed by atoms with Crippen LogP contribution in [0.25, 0.3) is 0 Å². The van der Waals surface area contributed by atoms with Crippen molar-refractivity contribution in [2.75, 3.05) is 0 Å². The van der Waals surface area contributed by atoms with Crippen LogP contribution in [-0.2, 0) is 0 Å². The van der Waals surface area contributed by atoms with Gasteiger partial charge in [-0.2, -0.15) is 0 Å². The van der Waals surface area contributed by atoms with Crippen LogP contribution in [0.15, 0.2) is 42.5 Å². The Kier molecular flexibility index (Phi) is 2.36. The van der Waals surface area contributed by atoms with Gasteiger partial charge in [0.1, 0.15) is 0 Å². The zero-order valence-electron chi connectivity index (χ0n) is 9.10. The molecule has 15 heavy (non-hydrogen) atoms. The SMILES string of the molecule is C1=C[C@@H]2CC[C@H](CC1)[C@H]2c1ccccc1. The van der Waals surface area contributed by atoms with Crippen molar-refractivity contribution in [3.8, 4) is 0 Å². The minimum atomic E-state index is 0.810. The highest BCUT2D eigenvalue weighted by molar-refractivity contribution is 5.25. The standard InChI is InChI=1S/C15H18/c1-2-6-12(7-3-1)15-13-8-4-5-9-14(15)11-10-13/h1-4,6-8,13-15H,5,9-11H2/t13-,14+,15+/m1/s1. The topological polar surface area (TPSA) is 0 Å². The van der Waals surface area contributed by atoms with E-state index in [0.29, 0.717) is 0 Å². The van der Waals surface area contributed by atoms with Crippen molar-refractivity contribution in [1.29, 1.82) is 0 Å². The van der Waals surface area contributed by atoms with Crippen LogP contribution >= 0.6 is 0 Å². The average Bonchev–Trinajstić information content (AvgIpc) is 2.53. The molecule has 0 unspecified atom stereocenters. The van der Waals surface area contributed by atoms with E-state index < -0.39 is 0 Å². The second-order valence-corrected chi connectivity index (χ2v) is 4.94. The molecule has 2 aliphatic carbocycles. The molecule has 0 spiro atoms. The smallest absolute Gasteiger partial charge is 0.00706 e. The van der Waals surface area contributed by atoms with Crippen molar-refractivity contribution in [3.63, 3.8) is 0 Å². The van der Waals surface area contributed by atoms with Crippen molar-refractivity contribution >= 4 is 0 Å². The summed E-state index contributed by atoms with van der Waals surface area (Å²) in [6, 6.07) is 11.1. The molecule has 0 N–H and O–H groups in total. The zero-order chi connectivity index (χ0) is 10.1. The predicted octanol–water partition coefficient (Wildman–Crippen LogP) is 4.15. The van der Waals surface area contributed by atoms with E-state index in [1.54, 1.807) is 5.56 Å². The predicted molar refractivity (Wildman–Crippen MR) is 63.8 cm³/mol. The van der Waals surface area contributed by atoms with E-state index >= 15 is 0 Å². The second-order valence-electron chi connectivity index (χ2n) is 4.94. The van der Waals surface area contributed by atoms with E-state index in [4.69, 9.17) is 0 Å². The minimum Gasteiger partial charge on any atom is -0.0882 e. The lowest BCUT2D eigenvalue weighted by Crippen LogP contribution is -2.10. The molecule has 1 aromatic carbocycles. The van der Waals surface area contributed by atoms with Gasteiger partial charge in [-0.05, 0) is 49.0 Å². The maximum absolute atomic E-state index is 2.48. The number of rotatable bonds is 1. The third kappa shape index (κ3) is 1.62. The Bertz CT molecular complexity index is 350. The van der Waals surface area contributed by atoms with E-state index in [2.05, 4.69) is 42.5 Å². The van der Waals surface area contributed by atoms with E-state index in [0.717, 1.165) is 17.8 Å². The van der Waals surface area contributed by atoms with Crippen LogP contribution in [0.3, 0.4) is 0 Å². The van der Waals surface area contributed by atoms with Crippen molar-refractivity contribution in [3.05, 3.63) is 48.0 Å². The van der Waals surface area contributed by atoms with E-state index in [-0.39, 0.29) is 0 Å². The summed E-state index contributed by atoms with van der Waals surface area (Å²) < 4.78 is 0. The van der Waals surface area contributed by atoms with Crippen molar-refractivity contribution < 1.29 is 0 Å². The Hall–Kier alpha value is -1.04. The van der Waals surface area contributed by atoms with Gasteiger partial charge in [-0.15, -0.1) is 0 Å². The van der Waals surface area contributed by atoms with Gasteiger partial charge >= 0.3 is 0 Å². The molecule has 0 nitrogen and oxygen atoms in total. The number of hydrogen-bond donors (Lipinski definition) is 0. The number of benzene rings is 1. The van der Waals surface area contributed by atoms with Crippen LogP contribution in [0, 0.1) is 11.8 Å². The summed E-state index contributed by atoms with van der Waals surface area (Å²) in [5.41, 5.74) is 1.57. The van der Waals surface area contributed by atoms with Gasteiger partial charge in [0, 0.05) is 0 Å². The molecule has 0 amide bonds. The van der Waals surface area contributed by atoms with Gasteiger partial charge in [-0.1, -0.05) is 42.5 Å². The first kappa shape index (κ1) is 9.21. The van der Waals surface area contributed by atoms with Crippen LogP contribution < -0.4 is 0 Å². The van der Waals surface area contributed by atoms with Crippen molar-refractivity contribution in [1.82, 2.24) is 0 Å². The minimum absolute atomic E-state index is 0.810. The van der Waals surface area contributed by atoms with Gasteiger partial charge in [-0.25, -0.2) is 0 Å². The summed E-state index contributed by atoms with van der Waals surface area (Å²) in [6.07, 6.45) is 10.4. The highest BCUT2D eigenvalue weighted by atomic mass is 14.4. The molecule has 1 aromatic rings. The Morgan fingerprint density at radius 3 is 2.67 bits per heavy atom. The fraction of sp³-hybridized carbons (Fsp3) is 0.467. The van der Waals surface area contributed by atoms with E-state index in [1.165, 1.54) is 25.7 Å². The largest absolute Gasteiger partial charge is 0.0882 e. The van der Waals surface area contributed by atoms with Crippen molar-refractivity contribution in [2.45, 2.75) is 31.6 Å².